The van der Waals surface area contributed by atoms with Gasteiger partial charge in [0.2, 0.25) is 0 Å². The van der Waals surface area contributed by atoms with Crippen molar-refractivity contribution in [3.05, 3.63) is 17.5 Å². The highest BCUT2D eigenvalue weighted by Gasteiger charge is 2.26. The van der Waals surface area contributed by atoms with E-state index in [1.807, 2.05) is 0 Å². The van der Waals surface area contributed by atoms with Crippen LogP contribution in [0.4, 0.5) is 0 Å². The number of aromatic nitrogens is 2. The van der Waals surface area contributed by atoms with E-state index in [2.05, 4.69) is 15.5 Å². The van der Waals surface area contributed by atoms with Gasteiger partial charge in [-0.3, -0.25) is 14.7 Å². The fourth-order valence-electron chi connectivity index (χ4n) is 2.24. The van der Waals surface area contributed by atoms with Crippen LogP contribution in [-0.2, 0) is 4.74 Å². The Bertz CT molecular complexity index is 482. The number of amides is 2. The Hall–Kier alpha value is -1.93. The summed E-state index contributed by atoms with van der Waals surface area (Å²) in [5.41, 5.74) is 5.21. The van der Waals surface area contributed by atoms with Gasteiger partial charge in [0.15, 0.2) is 5.69 Å². The highest BCUT2D eigenvalue weighted by molar-refractivity contribution is 5.97. The zero-order chi connectivity index (χ0) is 14.5. The summed E-state index contributed by atoms with van der Waals surface area (Å²) in [6.07, 6.45) is 1.59. The van der Waals surface area contributed by atoms with Gasteiger partial charge in [0.05, 0.1) is 12.6 Å². The third-order valence-electron chi connectivity index (χ3n) is 3.42. The molecule has 0 aromatic carbocycles. The van der Waals surface area contributed by atoms with Crippen molar-refractivity contribution in [2.45, 2.75) is 18.9 Å². The number of carbonyl (C=O) groups is 2. The molecule has 1 aromatic rings. The lowest BCUT2D eigenvalue weighted by Gasteiger charge is -2.29. The molecule has 1 fully saturated rings. The van der Waals surface area contributed by atoms with Crippen molar-refractivity contribution in [2.75, 3.05) is 19.8 Å². The molecule has 8 nitrogen and oxygen atoms in total. The molecular weight excluding hydrogens is 264 g/mol. The zero-order valence-electron chi connectivity index (χ0n) is 11.0. The maximum atomic E-state index is 12.0. The zero-order valence-corrected chi connectivity index (χ0v) is 11.0. The van der Waals surface area contributed by atoms with Gasteiger partial charge < -0.3 is 20.9 Å². The number of aliphatic hydroxyl groups is 1. The van der Waals surface area contributed by atoms with Crippen LogP contribution in [0.5, 0.6) is 0 Å². The van der Waals surface area contributed by atoms with Crippen molar-refractivity contribution in [1.29, 1.82) is 0 Å². The fraction of sp³-hybridized carbons (Fsp3) is 0.583. The quantitative estimate of drug-likeness (QED) is 0.551. The van der Waals surface area contributed by atoms with Crippen LogP contribution < -0.4 is 11.1 Å². The lowest BCUT2D eigenvalue weighted by molar-refractivity contribution is 0.0419. The summed E-state index contributed by atoms with van der Waals surface area (Å²) in [5.74, 6) is -0.949. The third-order valence-corrected chi connectivity index (χ3v) is 3.42. The van der Waals surface area contributed by atoms with Crippen LogP contribution in [0.3, 0.4) is 0 Å². The maximum Gasteiger partial charge on any atom is 0.269 e. The fourth-order valence-corrected chi connectivity index (χ4v) is 2.24. The normalized spacial score (nSPS) is 17.6. The number of aromatic amines is 1. The average molecular weight is 282 g/mol. The molecule has 5 N–H and O–H groups in total. The molecule has 0 bridgehead atoms. The number of hydrogen-bond donors (Lipinski definition) is 4. The Kier molecular flexibility index (Phi) is 4.70. The molecule has 0 aliphatic carbocycles. The lowest BCUT2D eigenvalue weighted by Crippen LogP contribution is -2.44. The first-order valence-corrected chi connectivity index (χ1v) is 6.46. The van der Waals surface area contributed by atoms with Crippen LogP contribution in [0.25, 0.3) is 0 Å². The molecule has 2 heterocycles. The standard InChI is InChI=1S/C12H18N4O4/c13-11(18)8-5-9(16-15-8)12(19)14-10(6-17)7-1-3-20-4-2-7/h5,7,10,17H,1-4,6H2,(H2,13,18)(H,14,19)(H,15,16). The number of carbonyl (C=O) groups excluding carboxylic acids is 2. The first kappa shape index (κ1) is 14.5. The summed E-state index contributed by atoms with van der Waals surface area (Å²) in [5, 5.41) is 18.2. The van der Waals surface area contributed by atoms with Gasteiger partial charge >= 0.3 is 0 Å². The van der Waals surface area contributed by atoms with Gasteiger partial charge in [0.25, 0.3) is 11.8 Å². The SMILES string of the molecule is NC(=O)c1cc(C(=O)NC(CO)C2CCOCC2)[nH]n1. The summed E-state index contributed by atoms with van der Waals surface area (Å²) < 4.78 is 5.25. The summed E-state index contributed by atoms with van der Waals surface area (Å²) in [4.78, 5) is 22.9. The number of nitrogens with two attached hydrogens (primary N) is 1. The maximum absolute atomic E-state index is 12.0. The van der Waals surface area contributed by atoms with E-state index in [0.717, 1.165) is 12.8 Å². The summed E-state index contributed by atoms with van der Waals surface area (Å²) in [6.45, 7) is 1.12. The number of aliphatic hydroxyl groups excluding tert-OH is 1. The molecule has 110 valence electrons. The number of primary amides is 1. The van der Waals surface area contributed by atoms with E-state index < -0.39 is 11.8 Å². The number of rotatable bonds is 5. The van der Waals surface area contributed by atoms with Crippen molar-refractivity contribution in [2.24, 2.45) is 11.7 Å². The number of ether oxygens (including phenoxy) is 1. The second kappa shape index (κ2) is 6.49. The van der Waals surface area contributed by atoms with Crippen molar-refractivity contribution < 1.29 is 19.4 Å². The van der Waals surface area contributed by atoms with Gasteiger partial charge in [0.1, 0.15) is 5.69 Å². The first-order chi connectivity index (χ1) is 9.61. The van der Waals surface area contributed by atoms with E-state index in [1.165, 1.54) is 6.07 Å². The summed E-state index contributed by atoms with van der Waals surface area (Å²) in [7, 11) is 0. The topological polar surface area (TPSA) is 130 Å². The minimum absolute atomic E-state index is 0.00163. The number of H-pyrrole nitrogens is 1. The molecule has 0 spiro atoms. The molecule has 1 atom stereocenters. The second-order valence-electron chi connectivity index (χ2n) is 4.74. The minimum Gasteiger partial charge on any atom is -0.394 e. The molecule has 2 rings (SSSR count). The predicted molar refractivity (Wildman–Crippen MR) is 69.0 cm³/mol. The van der Waals surface area contributed by atoms with E-state index in [1.54, 1.807) is 0 Å². The van der Waals surface area contributed by atoms with E-state index in [-0.39, 0.29) is 30.0 Å². The summed E-state index contributed by atoms with van der Waals surface area (Å²) >= 11 is 0. The molecule has 0 radical (unpaired) electrons. The van der Waals surface area contributed by atoms with Crippen molar-refractivity contribution >= 4 is 11.8 Å². The Morgan fingerprint density at radius 1 is 1.55 bits per heavy atom. The largest absolute Gasteiger partial charge is 0.394 e. The molecule has 1 unspecified atom stereocenters. The van der Waals surface area contributed by atoms with E-state index >= 15 is 0 Å². The molecule has 1 saturated heterocycles. The van der Waals surface area contributed by atoms with Crippen molar-refractivity contribution in [3.63, 3.8) is 0 Å². The number of nitrogens with one attached hydrogen (secondary N) is 2. The number of nitrogens with zero attached hydrogens (tertiary/aromatic N) is 1. The molecular formula is C12H18N4O4. The first-order valence-electron chi connectivity index (χ1n) is 6.46. The smallest absolute Gasteiger partial charge is 0.269 e. The minimum atomic E-state index is -0.705. The van der Waals surface area contributed by atoms with E-state index in [0.29, 0.717) is 13.2 Å². The Morgan fingerprint density at radius 2 is 2.25 bits per heavy atom. The monoisotopic (exact) mass is 282 g/mol. The Labute approximate surface area is 115 Å². The molecule has 8 heteroatoms. The highest BCUT2D eigenvalue weighted by atomic mass is 16.5. The lowest BCUT2D eigenvalue weighted by atomic mass is 9.92. The van der Waals surface area contributed by atoms with Gasteiger partial charge in [-0.1, -0.05) is 0 Å². The van der Waals surface area contributed by atoms with E-state index in [9.17, 15) is 14.7 Å². The highest BCUT2D eigenvalue weighted by Crippen LogP contribution is 2.18. The van der Waals surface area contributed by atoms with Crippen LogP contribution in [0, 0.1) is 5.92 Å². The van der Waals surface area contributed by atoms with Crippen LogP contribution in [0.15, 0.2) is 6.07 Å². The van der Waals surface area contributed by atoms with Crippen LogP contribution in [0.1, 0.15) is 33.8 Å². The molecule has 1 aromatic heterocycles. The number of hydrogen-bond acceptors (Lipinski definition) is 5. The van der Waals surface area contributed by atoms with Crippen molar-refractivity contribution in [3.8, 4) is 0 Å². The van der Waals surface area contributed by atoms with Gasteiger partial charge in [-0.2, -0.15) is 5.10 Å². The Morgan fingerprint density at radius 3 is 2.80 bits per heavy atom. The Balaban J connectivity index is 1.98. The predicted octanol–water partition coefficient (Wildman–Crippen LogP) is -0.974. The molecule has 1 aliphatic rings. The van der Waals surface area contributed by atoms with E-state index in [4.69, 9.17) is 10.5 Å². The van der Waals surface area contributed by atoms with Crippen LogP contribution in [-0.4, -0.2) is 53.0 Å². The third kappa shape index (κ3) is 3.34. The van der Waals surface area contributed by atoms with Gasteiger partial charge in [-0.25, -0.2) is 0 Å². The summed E-state index contributed by atoms with van der Waals surface area (Å²) in [6, 6.07) is 0.947. The molecule has 0 saturated carbocycles. The molecule has 20 heavy (non-hydrogen) atoms. The van der Waals surface area contributed by atoms with Gasteiger partial charge in [-0.15, -0.1) is 0 Å². The van der Waals surface area contributed by atoms with Crippen molar-refractivity contribution in [1.82, 2.24) is 15.5 Å². The van der Waals surface area contributed by atoms with Crippen LogP contribution >= 0.6 is 0 Å². The second-order valence-corrected chi connectivity index (χ2v) is 4.74. The van der Waals surface area contributed by atoms with Gasteiger partial charge in [-0.05, 0) is 18.8 Å². The van der Waals surface area contributed by atoms with Crippen LogP contribution in [0.2, 0.25) is 0 Å². The average Bonchev–Trinajstić information content (AvgIpc) is 2.95. The van der Waals surface area contributed by atoms with Gasteiger partial charge in [0, 0.05) is 19.3 Å². The molecule has 2 amide bonds. The molecule has 1 aliphatic heterocycles.